The van der Waals surface area contributed by atoms with Gasteiger partial charge in [-0.05, 0) is 84.8 Å². The minimum atomic E-state index is -0.0451. The van der Waals surface area contributed by atoms with Crippen LogP contribution in [0.25, 0.3) is 76.7 Å². The van der Waals surface area contributed by atoms with Crippen LogP contribution in [-0.4, -0.2) is 21.5 Å². The number of aromatic nitrogens is 1. The van der Waals surface area contributed by atoms with E-state index < -0.39 is 0 Å². The molecular weight excluding hydrogens is 651 g/mol. The second-order valence-corrected chi connectivity index (χ2v) is 15.2. The van der Waals surface area contributed by atoms with Crippen LogP contribution in [0.5, 0.6) is 0 Å². The molecule has 8 aromatic carbocycles. The fraction of sp³-hybridized carbons (Fsp3) is 0.0417. The van der Waals surface area contributed by atoms with E-state index in [1.165, 1.54) is 76.2 Å². The lowest BCUT2D eigenvalue weighted by Crippen LogP contribution is -2.30. The topological polar surface area (TPSA) is 29.6 Å². The van der Waals surface area contributed by atoms with Gasteiger partial charge in [0, 0.05) is 21.2 Å². The number of nitrogens with zero attached hydrogens (tertiary/aromatic N) is 3. The largest absolute Gasteiger partial charge is 0.278 e. The Bertz CT molecular complexity index is 3050. The van der Waals surface area contributed by atoms with E-state index in [0.29, 0.717) is 0 Å². The van der Waals surface area contributed by atoms with E-state index in [4.69, 9.17) is 9.98 Å². The monoisotopic (exact) mass is 679 g/mol. The molecule has 2 atom stereocenters. The van der Waals surface area contributed by atoms with Crippen molar-refractivity contribution in [2.24, 2.45) is 9.98 Å². The van der Waals surface area contributed by atoms with E-state index in [9.17, 15) is 0 Å². The van der Waals surface area contributed by atoms with Crippen molar-refractivity contribution in [3.63, 3.8) is 0 Å². The zero-order valence-corrected chi connectivity index (χ0v) is 28.8. The van der Waals surface area contributed by atoms with Crippen LogP contribution in [0.4, 0.5) is 0 Å². The van der Waals surface area contributed by atoms with Gasteiger partial charge >= 0.3 is 0 Å². The normalized spacial score (nSPS) is 17.0. The van der Waals surface area contributed by atoms with Gasteiger partial charge in [0.25, 0.3) is 0 Å². The van der Waals surface area contributed by atoms with Gasteiger partial charge in [-0.3, -0.25) is 4.57 Å². The summed E-state index contributed by atoms with van der Waals surface area (Å²) in [4.78, 5) is 12.5. The summed E-state index contributed by atoms with van der Waals surface area (Å²) in [5.41, 5.74) is 13.2. The zero-order valence-electron chi connectivity index (χ0n) is 28.0. The Kier molecular flexibility index (Phi) is 5.83. The Balaban J connectivity index is 1.20. The lowest BCUT2D eigenvalue weighted by atomic mass is 9.89. The molecule has 12 rings (SSSR count). The number of fused-ring (bicyclic) bond motifs is 6. The highest BCUT2D eigenvalue weighted by Crippen LogP contribution is 2.53. The molecule has 3 nitrogen and oxygen atoms in total. The molecule has 4 heteroatoms. The van der Waals surface area contributed by atoms with Crippen LogP contribution >= 0.6 is 11.8 Å². The third kappa shape index (κ3) is 3.87. The highest BCUT2D eigenvalue weighted by molar-refractivity contribution is 8.01. The van der Waals surface area contributed by atoms with E-state index in [1.807, 2.05) is 11.8 Å². The molecule has 1 aromatic heterocycles. The average molecular weight is 680 g/mol. The van der Waals surface area contributed by atoms with Gasteiger partial charge in [0.15, 0.2) is 0 Å². The number of hydrogen-bond donors (Lipinski definition) is 0. The third-order valence-electron chi connectivity index (χ3n) is 11.3. The van der Waals surface area contributed by atoms with Crippen molar-refractivity contribution in [1.82, 2.24) is 4.57 Å². The quantitative estimate of drug-likeness (QED) is 0.179. The van der Waals surface area contributed by atoms with Gasteiger partial charge < -0.3 is 0 Å². The highest BCUT2D eigenvalue weighted by Gasteiger charge is 2.41. The summed E-state index contributed by atoms with van der Waals surface area (Å²) >= 11 is 1.89. The Labute approximate surface area is 304 Å². The van der Waals surface area contributed by atoms with Gasteiger partial charge in [0.05, 0.1) is 28.0 Å². The molecule has 0 saturated heterocycles. The van der Waals surface area contributed by atoms with Crippen LogP contribution in [0.3, 0.4) is 0 Å². The van der Waals surface area contributed by atoms with Gasteiger partial charge in [-0.2, -0.15) is 0 Å². The molecule has 2 unspecified atom stereocenters. The van der Waals surface area contributed by atoms with Crippen molar-refractivity contribution in [1.29, 1.82) is 0 Å². The number of aliphatic imine (C=N–C) groups is 2. The van der Waals surface area contributed by atoms with Gasteiger partial charge in [0.2, 0.25) is 5.96 Å². The van der Waals surface area contributed by atoms with Crippen molar-refractivity contribution in [3.8, 4) is 33.4 Å². The Morgan fingerprint density at radius 2 is 1.19 bits per heavy atom. The molecule has 0 radical (unpaired) electrons. The van der Waals surface area contributed by atoms with Crippen LogP contribution < -0.4 is 0 Å². The van der Waals surface area contributed by atoms with Crippen LogP contribution in [0.2, 0.25) is 0 Å². The number of thioether (sulfide) groups is 1. The van der Waals surface area contributed by atoms with Crippen LogP contribution in [0.15, 0.2) is 179 Å². The van der Waals surface area contributed by atoms with Crippen molar-refractivity contribution >= 4 is 66.8 Å². The first-order valence-corrected chi connectivity index (χ1v) is 18.8. The molecule has 0 amide bonds. The molecule has 0 saturated carbocycles. The van der Waals surface area contributed by atoms with E-state index in [1.54, 1.807) is 0 Å². The molecule has 242 valence electrons. The molecule has 0 fully saturated rings. The first-order valence-electron chi connectivity index (χ1n) is 17.9. The lowest BCUT2D eigenvalue weighted by molar-refractivity contribution is 0.764. The average Bonchev–Trinajstić information content (AvgIpc) is 3.72. The van der Waals surface area contributed by atoms with Gasteiger partial charge in [-0.1, -0.05) is 140 Å². The molecule has 1 aliphatic carbocycles. The molecule has 3 heterocycles. The SMILES string of the molecule is c1ccc(-c2ccc3c4c2-c2cccc5cccc(c25)-c2cccc(c24)n3C2=NC3c4ccccc4SC3C(c3ccc4ccccc4c3)=N2)cc1. The zero-order chi connectivity index (χ0) is 33.9. The first kappa shape index (κ1) is 28.5. The summed E-state index contributed by atoms with van der Waals surface area (Å²) in [5.74, 6) is 0.740. The molecule has 3 aliphatic rings. The van der Waals surface area contributed by atoms with Crippen molar-refractivity contribution < 1.29 is 0 Å². The molecular formula is C48H29N3S. The van der Waals surface area contributed by atoms with E-state index >= 15 is 0 Å². The molecule has 0 N–H and O–H groups in total. The van der Waals surface area contributed by atoms with E-state index in [-0.39, 0.29) is 11.3 Å². The Morgan fingerprint density at radius 1 is 0.481 bits per heavy atom. The fourth-order valence-electron chi connectivity index (χ4n) is 9.05. The summed E-state index contributed by atoms with van der Waals surface area (Å²) < 4.78 is 2.35. The van der Waals surface area contributed by atoms with Crippen molar-refractivity contribution in [2.75, 3.05) is 0 Å². The Morgan fingerprint density at radius 3 is 2.08 bits per heavy atom. The molecule has 9 aromatic rings. The number of benzene rings is 8. The van der Waals surface area contributed by atoms with Gasteiger partial charge in [-0.25, -0.2) is 9.98 Å². The Hall–Kier alpha value is -6.23. The predicted octanol–water partition coefficient (Wildman–Crippen LogP) is 12.3. The van der Waals surface area contributed by atoms with Crippen LogP contribution in [0.1, 0.15) is 17.2 Å². The summed E-state index contributed by atoms with van der Waals surface area (Å²) in [6.45, 7) is 0. The van der Waals surface area contributed by atoms with Gasteiger partial charge in [-0.15, -0.1) is 11.8 Å². The van der Waals surface area contributed by atoms with Crippen molar-refractivity contribution in [2.45, 2.75) is 16.2 Å². The second kappa shape index (κ2) is 10.6. The third-order valence-corrected chi connectivity index (χ3v) is 12.6. The van der Waals surface area contributed by atoms with E-state index in [0.717, 1.165) is 28.3 Å². The standard InChI is InChI=1S/C48H29N3S/c1-2-12-29(13-3-1)33-25-26-39-44-42(33)37-20-9-16-30-15-8-18-34(41(30)37)35-19-10-21-38(43(35)44)51(39)48-49-45(32-24-23-28-11-4-5-14-31(28)27-32)47-46(50-48)36-17-6-7-22-40(36)52-47/h1-27,46-47H. The number of rotatable bonds is 2. The van der Waals surface area contributed by atoms with Crippen molar-refractivity contribution in [3.05, 3.63) is 175 Å². The molecule has 0 spiro atoms. The maximum Gasteiger partial charge on any atom is 0.230 e. The molecule has 0 bridgehead atoms. The van der Waals surface area contributed by atoms with Gasteiger partial charge in [0.1, 0.15) is 0 Å². The minimum absolute atomic E-state index is 0.0451. The number of hydrogen-bond acceptors (Lipinski definition) is 3. The second-order valence-electron chi connectivity index (χ2n) is 14.0. The van der Waals surface area contributed by atoms with Crippen LogP contribution in [0, 0.1) is 0 Å². The molecule has 2 aliphatic heterocycles. The maximum absolute atomic E-state index is 5.60. The predicted molar refractivity (Wildman–Crippen MR) is 219 cm³/mol. The van der Waals surface area contributed by atoms with E-state index in [2.05, 4.69) is 168 Å². The minimum Gasteiger partial charge on any atom is -0.278 e. The lowest BCUT2D eigenvalue weighted by Gasteiger charge is -2.25. The summed E-state index contributed by atoms with van der Waals surface area (Å²) in [6, 6.07) is 59.8. The fourth-order valence-corrected chi connectivity index (χ4v) is 10.4. The maximum atomic E-state index is 5.60. The smallest absolute Gasteiger partial charge is 0.230 e. The van der Waals surface area contributed by atoms with Crippen LogP contribution in [-0.2, 0) is 0 Å². The summed E-state index contributed by atoms with van der Waals surface area (Å²) in [6.07, 6.45) is 0. The summed E-state index contributed by atoms with van der Waals surface area (Å²) in [7, 11) is 0. The molecule has 52 heavy (non-hydrogen) atoms. The highest BCUT2D eigenvalue weighted by atomic mass is 32.2. The summed E-state index contributed by atoms with van der Waals surface area (Å²) in [5, 5.41) is 7.61. The first-order chi connectivity index (χ1) is 25.8.